The molecule has 0 atom stereocenters. The molecule has 0 fully saturated rings. The molecular formula is C15H19FN2. The standard InChI is InChI=1S/C15H19FN2/c1-2-18-11-3-4-15(18)12-17-10-9-13-5-7-14(16)8-6-13/h3-8,11,17H,2,9-10,12H2,1H3. The second kappa shape index (κ2) is 6.36. The topological polar surface area (TPSA) is 17.0 Å². The van der Waals surface area contributed by atoms with Crippen LogP contribution in [0.15, 0.2) is 42.6 Å². The first-order valence-electron chi connectivity index (χ1n) is 6.39. The van der Waals surface area contributed by atoms with Gasteiger partial charge in [-0.3, -0.25) is 0 Å². The molecule has 0 saturated carbocycles. The Morgan fingerprint density at radius 3 is 2.67 bits per heavy atom. The van der Waals surface area contributed by atoms with E-state index in [0.29, 0.717) is 0 Å². The van der Waals surface area contributed by atoms with Gasteiger partial charge in [-0.15, -0.1) is 0 Å². The maximum Gasteiger partial charge on any atom is 0.123 e. The molecule has 0 bridgehead atoms. The van der Waals surface area contributed by atoms with E-state index in [9.17, 15) is 4.39 Å². The molecule has 0 unspecified atom stereocenters. The normalized spacial score (nSPS) is 10.8. The van der Waals surface area contributed by atoms with Crippen LogP contribution in [0.5, 0.6) is 0 Å². The lowest BCUT2D eigenvalue weighted by atomic mass is 10.1. The number of nitrogens with zero attached hydrogens (tertiary/aromatic N) is 1. The van der Waals surface area contributed by atoms with E-state index in [1.54, 1.807) is 0 Å². The van der Waals surface area contributed by atoms with Crippen LogP contribution in [0.3, 0.4) is 0 Å². The lowest BCUT2D eigenvalue weighted by Crippen LogP contribution is -2.18. The van der Waals surface area contributed by atoms with E-state index in [0.717, 1.165) is 31.6 Å². The molecular weight excluding hydrogens is 227 g/mol. The number of aryl methyl sites for hydroxylation is 1. The van der Waals surface area contributed by atoms with E-state index in [2.05, 4.69) is 35.1 Å². The molecule has 0 amide bonds. The van der Waals surface area contributed by atoms with E-state index in [-0.39, 0.29) is 5.82 Å². The van der Waals surface area contributed by atoms with Crippen LogP contribution in [0.25, 0.3) is 0 Å². The third-order valence-electron chi connectivity index (χ3n) is 3.07. The largest absolute Gasteiger partial charge is 0.351 e. The summed E-state index contributed by atoms with van der Waals surface area (Å²) in [5.41, 5.74) is 2.46. The first-order chi connectivity index (χ1) is 8.79. The van der Waals surface area contributed by atoms with Crippen molar-refractivity contribution in [2.24, 2.45) is 0 Å². The Balaban J connectivity index is 1.74. The fraction of sp³-hybridized carbons (Fsp3) is 0.333. The first kappa shape index (κ1) is 12.8. The minimum atomic E-state index is -0.174. The molecule has 0 aliphatic rings. The monoisotopic (exact) mass is 246 g/mol. The molecule has 0 radical (unpaired) electrons. The number of hydrogen-bond donors (Lipinski definition) is 1. The Morgan fingerprint density at radius 2 is 1.94 bits per heavy atom. The Kier molecular flexibility index (Phi) is 4.53. The lowest BCUT2D eigenvalue weighted by Gasteiger charge is -2.08. The summed E-state index contributed by atoms with van der Waals surface area (Å²) in [6.45, 7) is 4.92. The van der Waals surface area contributed by atoms with Gasteiger partial charge >= 0.3 is 0 Å². The van der Waals surface area contributed by atoms with Gasteiger partial charge in [0.15, 0.2) is 0 Å². The summed E-state index contributed by atoms with van der Waals surface area (Å²) >= 11 is 0. The maximum absolute atomic E-state index is 12.7. The zero-order valence-corrected chi connectivity index (χ0v) is 10.7. The second-order valence-corrected chi connectivity index (χ2v) is 4.34. The quantitative estimate of drug-likeness (QED) is 0.775. The van der Waals surface area contributed by atoms with E-state index >= 15 is 0 Å². The fourth-order valence-corrected chi connectivity index (χ4v) is 2.02. The van der Waals surface area contributed by atoms with Gasteiger partial charge in [0.1, 0.15) is 5.82 Å². The smallest absolute Gasteiger partial charge is 0.123 e. The number of aromatic nitrogens is 1. The number of rotatable bonds is 6. The average molecular weight is 246 g/mol. The highest BCUT2D eigenvalue weighted by atomic mass is 19.1. The van der Waals surface area contributed by atoms with Crippen LogP contribution in [-0.4, -0.2) is 11.1 Å². The van der Waals surface area contributed by atoms with Crippen molar-refractivity contribution in [3.8, 4) is 0 Å². The molecule has 0 spiro atoms. The molecule has 0 aliphatic heterocycles. The molecule has 0 saturated heterocycles. The number of hydrogen-bond acceptors (Lipinski definition) is 1. The summed E-state index contributed by atoms with van der Waals surface area (Å²) in [7, 11) is 0. The summed E-state index contributed by atoms with van der Waals surface area (Å²) in [5, 5.41) is 3.41. The summed E-state index contributed by atoms with van der Waals surface area (Å²) in [6, 6.07) is 10.9. The first-order valence-corrected chi connectivity index (χ1v) is 6.39. The van der Waals surface area contributed by atoms with Crippen molar-refractivity contribution in [1.29, 1.82) is 0 Å². The molecule has 2 aromatic rings. The van der Waals surface area contributed by atoms with Crippen molar-refractivity contribution < 1.29 is 4.39 Å². The molecule has 18 heavy (non-hydrogen) atoms. The van der Waals surface area contributed by atoms with Gasteiger partial charge in [-0.05, 0) is 49.7 Å². The van der Waals surface area contributed by atoms with E-state index in [4.69, 9.17) is 0 Å². The van der Waals surface area contributed by atoms with Gasteiger partial charge in [-0.2, -0.15) is 0 Å². The van der Waals surface area contributed by atoms with E-state index in [1.165, 1.54) is 17.8 Å². The molecule has 1 heterocycles. The highest BCUT2D eigenvalue weighted by molar-refractivity contribution is 5.16. The van der Waals surface area contributed by atoms with Crippen LogP contribution in [0, 0.1) is 5.82 Å². The summed E-state index contributed by atoms with van der Waals surface area (Å²) in [6.07, 6.45) is 3.02. The van der Waals surface area contributed by atoms with Gasteiger partial charge < -0.3 is 9.88 Å². The molecule has 2 nitrogen and oxygen atoms in total. The third kappa shape index (κ3) is 3.44. The minimum Gasteiger partial charge on any atom is -0.351 e. The minimum absolute atomic E-state index is 0.174. The van der Waals surface area contributed by atoms with Crippen LogP contribution in [0.2, 0.25) is 0 Å². The molecule has 1 aromatic carbocycles. The van der Waals surface area contributed by atoms with Crippen molar-refractivity contribution in [3.63, 3.8) is 0 Å². The van der Waals surface area contributed by atoms with Gasteiger partial charge in [0, 0.05) is 25.0 Å². The lowest BCUT2D eigenvalue weighted by molar-refractivity contribution is 0.621. The van der Waals surface area contributed by atoms with Crippen LogP contribution in [0.4, 0.5) is 4.39 Å². The van der Waals surface area contributed by atoms with Gasteiger partial charge in [-0.25, -0.2) is 4.39 Å². The average Bonchev–Trinajstić information content (AvgIpc) is 2.84. The Bertz CT molecular complexity index is 473. The summed E-state index contributed by atoms with van der Waals surface area (Å²) in [4.78, 5) is 0. The van der Waals surface area contributed by atoms with Gasteiger partial charge in [-0.1, -0.05) is 12.1 Å². The van der Waals surface area contributed by atoms with Crippen molar-refractivity contribution in [1.82, 2.24) is 9.88 Å². The zero-order valence-electron chi connectivity index (χ0n) is 10.7. The number of halogens is 1. The summed E-state index contributed by atoms with van der Waals surface area (Å²) in [5.74, 6) is -0.174. The highest BCUT2D eigenvalue weighted by Crippen LogP contribution is 2.04. The van der Waals surface area contributed by atoms with Crippen molar-refractivity contribution in [2.45, 2.75) is 26.4 Å². The van der Waals surface area contributed by atoms with Gasteiger partial charge in [0.05, 0.1) is 0 Å². The van der Waals surface area contributed by atoms with Crippen molar-refractivity contribution in [3.05, 3.63) is 59.7 Å². The van der Waals surface area contributed by atoms with E-state index in [1.807, 2.05) is 12.1 Å². The molecule has 3 heteroatoms. The molecule has 2 rings (SSSR count). The fourth-order valence-electron chi connectivity index (χ4n) is 2.02. The highest BCUT2D eigenvalue weighted by Gasteiger charge is 1.98. The van der Waals surface area contributed by atoms with Gasteiger partial charge in [0.2, 0.25) is 0 Å². The molecule has 1 aromatic heterocycles. The summed E-state index contributed by atoms with van der Waals surface area (Å²) < 4.78 is 15.0. The van der Waals surface area contributed by atoms with Crippen LogP contribution in [-0.2, 0) is 19.5 Å². The van der Waals surface area contributed by atoms with Crippen molar-refractivity contribution >= 4 is 0 Å². The predicted molar refractivity (Wildman–Crippen MR) is 71.9 cm³/mol. The maximum atomic E-state index is 12.7. The number of benzene rings is 1. The Morgan fingerprint density at radius 1 is 1.17 bits per heavy atom. The Labute approximate surface area is 107 Å². The van der Waals surface area contributed by atoms with Crippen LogP contribution in [0.1, 0.15) is 18.2 Å². The second-order valence-electron chi connectivity index (χ2n) is 4.34. The van der Waals surface area contributed by atoms with Crippen LogP contribution >= 0.6 is 0 Å². The SMILES string of the molecule is CCn1cccc1CNCCc1ccc(F)cc1. The number of nitrogens with one attached hydrogen (secondary N) is 1. The van der Waals surface area contributed by atoms with Gasteiger partial charge in [0.25, 0.3) is 0 Å². The predicted octanol–water partition coefficient (Wildman–Crippen LogP) is 2.98. The third-order valence-corrected chi connectivity index (χ3v) is 3.07. The zero-order chi connectivity index (χ0) is 12.8. The molecule has 96 valence electrons. The Hall–Kier alpha value is -1.61. The molecule has 0 aliphatic carbocycles. The van der Waals surface area contributed by atoms with Crippen LogP contribution < -0.4 is 5.32 Å². The van der Waals surface area contributed by atoms with Crippen molar-refractivity contribution in [2.75, 3.05) is 6.54 Å². The van der Waals surface area contributed by atoms with E-state index < -0.39 is 0 Å². The molecule has 1 N–H and O–H groups in total.